The summed E-state index contributed by atoms with van der Waals surface area (Å²) >= 11 is 0. The molecule has 4 heteroatoms. The molecule has 0 amide bonds. The summed E-state index contributed by atoms with van der Waals surface area (Å²) in [5, 5.41) is 31.2. The highest BCUT2D eigenvalue weighted by Crippen LogP contribution is 2.58. The number of nitrogens with zero attached hydrogens (tertiary/aromatic N) is 3. The van der Waals surface area contributed by atoms with Gasteiger partial charge in [0, 0.05) is 0 Å². The second kappa shape index (κ2) is 5.95. The van der Waals surface area contributed by atoms with Gasteiger partial charge in [0.05, 0.1) is 17.8 Å². The van der Waals surface area contributed by atoms with Gasteiger partial charge in [0.15, 0.2) is 0 Å². The molecule has 1 N–H and O–H groups in total. The third kappa shape index (κ3) is 2.17. The van der Waals surface area contributed by atoms with Crippen molar-refractivity contribution in [1.29, 1.82) is 10.5 Å². The molecular weight excluding hydrogens is 310 g/mol. The molecule has 3 aliphatic rings. The number of para-hydroxylation sites is 2. The Hall–Kier alpha value is -2.20. The van der Waals surface area contributed by atoms with Crippen molar-refractivity contribution in [2.75, 3.05) is 4.90 Å². The van der Waals surface area contributed by atoms with Gasteiger partial charge >= 0.3 is 0 Å². The Morgan fingerprint density at radius 2 is 1.48 bits per heavy atom. The van der Waals surface area contributed by atoms with Gasteiger partial charge < -0.3 is 10.0 Å². The van der Waals surface area contributed by atoms with Crippen LogP contribution in [0.4, 0.5) is 5.69 Å². The van der Waals surface area contributed by atoms with E-state index in [0.717, 1.165) is 57.8 Å². The molecule has 0 unspecified atom stereocenters. The van der Waals surface area contributed by atoms with Crippen molar-refractivity contribution in [3.05, 3.63) is 24.3 Å². The first-order chi connectivity index (χ1) is 12.2. The number of aromatic hydroxyl groups is 1. The molecule has 1 aliphatic heterocycles. The lowest BCUT2D eigenvalue weighted by Gasteiger charge is -2.62. The number of fused-ring (bicyclic) bond motifs is 2. The second-order valence-electron chi connectivity index (χ2n) is 8.02. The first-order valence-corrected chi connectivity index (χ1v) is 9.59. The fourth-order valence-electron chi connectivity index (χ4n) is 5.85. The summed E-state index contributed by atoms with van der Waals surface area (Å²) in [5.74, 6) is 0.758. The molecule has 1 aromatic carbocycles. The fourth-order valence-corrected chi connectivity index (χ4v) is 5.85. The van der Waals surface area contributed by atoms with Crippen LogP contribution in [0.3, 0.4) is 0 Å². The van der Waals surface area contributed by atoms with Crippen LogP contribution in [0.15, 0.2) is 24.3 Å². The van der Waals surface area contributed by atoms with E-state index >= 15 is 0 Å². The quantitative estimate of drug-likeness (QED) is 0.820. The monoisotopic (exact) mass is 335 g/mol. The van der Waals surface area contributed by atoms with Gasteiger partial charge in [0.25, 0.3) is 0 Å². The number of anilines is 1. The Bertz CT molecular complexity index is 708. The van der Waals surface area contributed by atoms with Crippen molar-refractivity contribution < 1.29 is 5.11 Å². The van der Waals surface area contributed by atoms with Crippen LogP contribution in [0.5, 0.6) is 5.75 Å². The topological polar surface area (TPSA) is 71.0 Å². The van der Waals surface area contributed by atoms with Gasteiger partial charge in [-0.2, -0.15) is 10.5 Å². The summed E-state index contributed by atoms with van der Waals surface area (Å²) in [7, 11) is 0. The summed E-state index contributed by atoms with van der Waals surface area (Å²) in [6, 6.07) is 12.6. The molecule has 1 saturated heterocycles. The summed E-state index contributed by atoms with van der Waals surface area (Å²) in [5.41, 5.74) is -0.662. The van der Waals surface area contributed by atoms with Gasteiger partial charge in [0.1, 0.15) is 16.8 Å². The molecular formula is C21H25N3O. The smallest absolute Gasteiger partial charge is 0.138 e. The van der Waals surface area contributed by atoms with E-state index in [4.69, 9.17) is 0 Å². The molecule has 0 radical (unpaired) electrons. The van der Waals surface area contributed by atoms with Gasteiger partial charge in [-0.15, -0.1) is 0 Å². The Morgan fingerprint density at radius 3 is 2.00 bits per heavy atom. The number of hydrogen-bond acceptors (Lipinski definition) is 4. The van der Waals surface area contributed by atoms with Crippen LogP contribution in [-0.2, 0) is 0 Å². The van der Waals surface area contributed by atoms with Crippen LogP contribution in [-0.4, -0.2) is 16.2 Å². The van der Waals surface area contributed by atoms with Crippen LogP contribution in [0, 0.1) is 34.5 Å². The Kier molecular flexibility index (Phi) is 3.88. The van der Waals surface area contributed by atoms with Gasteiger partial charge in [-0.3, -0.25) is 0 Å². The third-order valence-corrected chi connectivity index (χ3v) is 6.95. The molecule has 0 bridgehead atoms. The first kappa shape index (κ1) is 16.3. The first-order valence-electron chi connectivity index (χ1n) is 9.59. The average Bonchev–Trinajstić information content (AvgIpc) is 2.66. The maximum Gasteiger partial charge on any atom is 0.138 e. The molecule has 0 spiro atoms. The zero-order chi connectivity index (χ0) is 17.5. The maximum atomic E-state index is 10.6. The van der Waals surface area contributed by atoms with E-state index in [2.05, 4.69) is 17.0 Å². The SMILES string of the molecule is N#C[C@]12CCCC[C@@H]1C[C@@H]1CCCC[C@@]1(C#N)N2c1ccccc1O. The number of benzene rings is 1. The molecule has 4 nitrogen and oxygen atoms in total. The zero-order valence-electron chi connectivity index (χ0n) is 14.6. The molecule has 25 heavy (non-hydrogen) atoms. The molecule has 4 rings (SSSR count). The van der Waals surface area contributed by atoms with E-state index in [-0.39, 0.29) is 17.6 Å². The Morgan fingerprint density at radius 1 is 0.920 bits per heavy atom. The Labute approximate surface area is 149 Å². The van der Waals surface area contributed by atoms with Gasteiger partial charge in [-0.1, -0.05) is 37.8 Å². The number of phenols is 1. The average molecular weight is 335 g/mol. The second-order valence-corrected chi connectivity index (χ2v) is 8.02. The largest absolute Gasteiger partial charge is 0.506 e. The summed E-state index contributed by atoms with van der Waals surface area (Å²) < 4.78 is 0. The maximum absolute atomic E-state index is 10.6. The highest BCUT2D eigenvalue weighted by atomic mass is 16.3. The van der Waals surface area contributed by atoms with E-state index in [0.29, 0.717) is 5.69 Å². The van der Waals surface area contributed by atoms with E-state index < -0.39 is 11.1 Å². The molecule has 0 aromatic heterocycles. The number of hydrogen-bond donors (Lipinski definition) is 1. The predicted octanol–water partition coefficient (Wildman–Crippen LogP) is 4.51. The number of rotatable bonds is 1. The minimum atomic E-state index is -0.666. The van der Waals surface area contributed by atoms with Crippen LogP contribution >= 0.6 is 0 Å². The number of nitriles is 2. The van der Waals surface area contributed by atoms with E-state index in [1.807, 2.05) is 12.1 Å². The lowest BCUT2D eigenvalue weighted by Crippen LogP contribution is -2.71. The predicted molar refractivity (Wildman–Crippen MR) is 95.8 cm³/mol. The van der Waals surface area contributed by atoms with Crippen molar-refractivity contribution in [3.63, 3.8) is 0 Å². The summed E-state index contributed by atoms with van der Waals surface area (Å²) in [6.07, 6.45) is 9.01. The normalized spacial score (nSPS) is 37.3. The van der Waals surface area contributed by atoms with Crippen LogP contribution in [0.1, 0.15) is 57.8 Å². The minimum absolute atomic E-state index is 0.183. The van der Waals surface area contributed by atoms with Crippen molar-refractivity contribution in [2.24, 2.45) is 11.8 Å². The summed E-state index contributed by atoms with van der Waals surface area (Å²) in [4.78, 5) is 2.09. The van der Waals surface area contributed by atoms with Crippen LogP contribution < -0.4 is 4.90 Å². The highest BCUT2D eigenvalue weighted by molar-refractivity contribution is 5.66. The summed E-state index contributed by atoms with van der Waals surface area (Å²) in [6.45, 7) is 0. The van der Waals surface area contributed by atoms with E-state index in [9.17, 15) is 15.6 Å². The van der Waals surface area contributed by atoms with Crippen molar-refractivity contribution in [1.82, 2.24) is 0 Å². The Balaban J connectivity index is 1.95. The number of piperidine rings is 1. The van der Waals surface area contributed by atoms with E-state index in [1.165, 1.54) is 0 Å². The third-order valence-electron chi connectivity index (χ3n) is 6.95. The number of phenolic OH excluding ortho intramolecular Hbond substituents is 1. The zero-order valence-corrected chi connectivity index (χ0v) is 14.6. The van der Waals surface area contributed by atoms with Crippen LogP contribution in [0.25, 0.3) is 0 Å². The lowest BCUT2D eigenvalue weighted by molar-refractivity contribution is 0.0610. The lowest BCUT2D eigenvalue weighted by atomic mass is 9.56. The van der Waals surface area contributed by atoms with E-state index in [1.54, 1.807) is 12.1 Å². The van der Waals surface area contributed by atoms with Crippen molar-refractivity contribution in [2.45, 2.75) is 68.9 Å². The van der Waals surface area contributed by atoms with Gasteiger partial charge in [-0.25, -0.2) is 0 Å². The molecule has 3 fully saturated rings. The molecule has 4 atom stereocenters. The highest BCUT2D eigenvalue weighted by Gasteiger charge is 2.62. The molecule has 1 heterocycles. The van der Waals surface area contributed by atoms with Gasteiger partial charge in [0.2, 0.25) is 0 Å². The fraction of sp³-hybridized carbons (Fsp3) is 0.619. The molecule has 2 aliphatic carbocycles. The van der Waals surface area contributed by atoms with Crippen LogP contribution in [0.2, 0.25) is 0 Å². The minimum Gasteiger partial charge on any atom is -0.506 e. The molecule has 130 valence electrons. The van der Waals surface area contributed by atoms with Crippen molar-refractivity contribution in [3.8, 4) is 17.9 Å². The molecule has 1 aromatic rings. The standard InChI is InChI=1S/C21H25N3O/c22-14-20-11-5-3-7-16(20)13-17-8-4-6-12-21(17,15-23)24(20)18-9-1-2-10-19(18)25/h1-2,9-10,16-17,25H,3-8,11-13H2/t16-,17+,20-,21+. The van der Waals surface area contributed by atoms with Gasteiger partial charge in [-0.05, 0) is 56.1 Å². The molecule has 2 saturated carbocycles. The van der Waals surface area contributed by atoms with Crippen molar-refractivity contribution >= 4 is 5.69 Å².